The largest absolute Gasteiger partial charge is 0.392 e. The van der Waals surface area contributed by atoms with Crippen LogP contribution in [-0.4, -0.2) is 22.4 Å². The standard InChI is InChI=1S/C13H22O2/c14-10-4-6-12-8-7-11-5-2-1-3-9-13(11,12)15/h4,6,11-12,14-15H,1-3,5,7-10H2/b6-4+/t11-,12+,13+/m1/s1. The Morgan fingerprint density at radius 1 is 1.13 bits per heavy atom. The maximum absolute atomic E-state index is 10.7. The number of aliphatic hydroxyl groups is 2. The molecule has 3 atom stereocenters. The van der Waals surface area contributed by atoms with E-state index in [1.165, 1.54) is 19.3 Å². The molecule has 2 rings (SSSR count). The van der Waals surface area contributed by atoms with Crippen LogP contribution in [0.2, 0.25) is 0 Å². The molecule has 0 aromatic rings. The Morgan fingerprint density at radius 3 is 2.80 bits per heavy atom. The third kappa shape index (κ3) is 2.11. The highest BCUT2D eigenvalue weighted by molar-refractivity contribution is 5.07. The smallest absolute Gasteiger partial charge is 0.0738 e. The van der Waals surface area contributed by atoms with Gasteiger partial charge in [-0.1, -0.05) is 31.4 Å². The molecule has 0 radical (unpaired) electrons. The maximum Gasteiger partial charge on any atom is 0.0738 e. The summed E-state index contributed by atoms with van der Waals surface area (Å²) in [6, 6.07) is 0. The molecule has 0 heterocycles. The molecule has 2 N–H and O–H groups in total. The average Bonchev–Trinajstić information content (AvgIpc) is 2.42. The van der Waals surface area contributed by atoms with Crippen LogP contribution in [0.25, 0.3) is 0 Å². The second-order valence-electron chi connectivity index (χ2n) is 5.08. The van der Waals surface area contributed by atoms with Crippen molar-refractivity contribution in [3.05, 3.63) is 12.2 Å². The summed E-state index contributed by atoms with van der Waals surface area (Å²) in [6.07, 6.45) is 11.9. The van der Waals surface area contributed by atoms with Gasteiger partial charge in [0, 0.05) is 5.92 Å². The van der Waals surface area contributed by atoms with Crippen LogP contribution in [0.1, 0.15) is 44.9 Å². The summed E-state index contributed by atoms with van der Waals surface area (Å²) in [5.74, 6) is 0.793. The molecule has 0 spiro atoms. The number of hydrogen-bond donors (Lipinski definition) is 2. The van der Waals surface area contributed by atoms with Crippen LogP contribution >= 0.6 is 0 Å². The molecular formula is C13H22O2. The molecule has 2 saturated carbocycles. The van der Waals surface area contributed by atoms with Crippen LogP contribution in [0.15, 0.2) is 12.2 Å². The molecule has 0 saturated heterocycles. The van der Waals surface area contributed by atoms with Crippen molar-refractivity contribution in [1.29, 1.82) is 0 Å². The Morgan fingerprint density at radius 2 is 2.00 bits per heavy atom. The Bertz CT molecular complexity index is 237. The van der Waals surface area contributed by atoms with E-state index in [-0.39, 0.29) is 12.5 Å². The van der Waals surface area contributed by atoms with Crippen molar-refractivity contribution in [3.8, 4) is 0 Å². The van der Waals surface area contributed by atoms with Crippen molar-refractivity contribution in [1.82, 2.24) is 0 Å². The summed E-state index contributed by atoms with van der Waals surface area (Å²) in [5.41, 5.74) is -0.456. The van der Waals surface area contributed by atoms with Gasteiger partial charge in [-0.3, -0.25) is 0 Å². The first-order valence-electron chi connectivity index (χ1n) is 6.27. The monoisotopic (exact) mass is 210 g/mol. The van der Waals surface area contributed by atoms with Crippen molar-refractivity contribution in [3.63, 3.8) is 0 Å². The Labute approximate surface area is 92.0 Å². The molecule has 2 heteroatoms. The molecule has 86 valence electrons. The lowest BCUT2D eigenvalue weighted by atomic mass is 9.80. The topological polar surface area (TPSA) is 40.5 Å². The zero-order valence-corrected chi connectivity index (χ0v) is 9.36. The molecule has 0 aromatic heterocycles. The summed E-state index contributed by atoms with van der Waals surface area (Å²) in [4.78, 5) is 0. The zero-order valence-electron chi connectivity index (χ0n) is 9.36. The molecule has 0 aliphatic heterocycles. The first-order chi connectivity index (χ1) is 7.27. The summed E-state index contributed by atoms with van der Waals surface area (Å²) in [7, 11) is 0. The van der Waals surface area contributed by atoms with Gasteiger partial charge in [0.1, 0.15) is 0 Å². The molecule has 2 fully saturated rings. The first kappa shape index (κ1) is 11.2. The minimum atomic E-state index is -0.456. The fraction of sp³-hybridized carbons (Fsp3) is 0.846. The number of rotatable bonds is 2. The third-order valence-electron chi connectivity index (χ3n) is 4.28. The normalized spacial score (nSPS) is 41.7. The van der Waals surface area contributed by atoms with E-state index in [1.807, 2.05) is 6.08 Å². The minimum absolute atomic E-state index is 0.0945. The average molecular weight is 210 g/mol. The SMILES string of the molecule is OC/C=C/[C@H]1CC[C@H]2CCCCC[C@]21O. The Kier molecular flexibility index (Phi) is 3.47. The predicted octanol–water partition coefficient (Wildman–Crippen LogP) is 2.26. The summed E-state index contributed by atoms with van der Waals surface area (Å²) < 4.78 is 0. The van der Waals surface area contributed by atoms with E-state index in [4.69, 9.17) is 5.11 Å². The van der Waals surface area contributed by atoms with Crippen LogP contribution in [0.3, 0.4) is 0 Å². The third-order valence-corrected chi connectivity index (χ3v) is 4.28. The van der Waals surface area contributed by atoms with Gasteiger partial charge in [-0.25, -0.2) is 0 Å². The molecule has 2 aliphatic rings. The summed E-state index contributed by atoms with van der Waals surface area (Å²) in [5, 5.41) is 19.5. The lowest BCUT2D eigenvalue weighted by molar-refractivity contribution is -0.0280. The molecule has 0 aromatic carbocycles. The quantitative estimate of drug-likeness (QED) is 0.686. The van der Waals surface area contributed by atoms with Gasteiger partial charge >= 0.3 is 0 Å². The van der Waals surface area contributed by atoms with Gasteiger partial charge < -0.3 is 10.2 Å². The van der Waals surface area contributed by atoms with E-state index in [9.17, 15) is 5.11 Å². The fourth-order valence-corrected chi connectivity index (χ4v) is 3.43. The second-order valence-corrected chi connectivity index (χ2v) is 5.08. The molecular weight excluding hydrogens is 188 g/mol. The van der Waals surface area contributed by atoms with Gasteiger partial charge in [0.25, 0.3) is 0 Å². The Hall–Kier alpha value is -0.340. The lowest BCUT2D eigenvalue weighted by Gasteiger charge is -2.32. The predicted molar refractivity (Wildman–Crippen MR) is 60.5 cm³/mol. The van der Waals surface area contributed by atoms with Crippen molar-refractivity contribution in [2.75, 3.05) is 6.61 Å². The highest BCUT2D eigenvalue weighted by Crippen LogP contribution is 2.48. The molecule has 15 heavy (non-hydrogen) atoms. The van der Waals surface area contributed by atoms with Gasteiger partial charge in [-0.15, -0.1) is 0 Å². The Balaban J connectivity index is 2.10. The van der Waals surface area contributed by atoms with E-state index in [0.717, 1.165) is 25.7 Å². The van der Waals surface area contributed by atoms with E-state index in [2.05, 4.69) is 0 Å². The molecule has 2 aliphatic carbocycles. The number of hydrogen-bond acceptors (Lipinski definition) is 2. The van der Waals surface area contributed by atoms with E-state index in [1.54, 1.807) is 6.08 Å². The van der Waals surface area contributed by atoms with Gasteiger partial charge in [0.15, 0.2) is 0 Å². The molecule has 0 amide bonds. The molecule has 0 bridgehead atoms. The first-order valence-corrected chi connectivity index (χ1v) is 6.27. The minimum Gasteiger partial charge on any atom is -0.392 e. The maximum atomic E-state index is 10.7. The van der Waals surface area contributed by atoms with Crippen molar-refractivity contribution >= 4 is 0 Å². The molecule has 2 nitrogen and oxygen atoms in total. The van der Waals surface area contributed by atoms with Crippen LogP contribution < -0.4 is 0 Å². The van der Waals surface area contributed by atoms with Crippen LogP contribution in [-0.2, 0) is 0 Å². The van der Waals surface area contributed by atoms with Crippen molar-refractivity contribution in [2.24, 2.45) is 11.8 Å². The zero-order chi connectivity index (χ0) is 10.7. The van der Waals surface area contributed by atoms with Gasteiger partial charge in [0.2, 0.25) is 0 Å². The van der Waals surface area contributed by atoms with Gasteiger partial charge in [-0.05, 0) is 31.6 Å². The lowest BCUT2D eigenvalue weighted by Crippen LogP contribution is -2.38. The highest BCUT2D eigenvalue weighted by atomic mass is 16.3. The van der Waals surface area contributed by atoms with Crippen molar-refractivity contribution in [2.45, 2.75) is 50.5 Å². The summed E-state index contributed by atoms with van der Waals surface area (Å²) in [6.45, 7) is 0.0945. The summed E-state index contributed by atoms with van der Waals surface area (Å²) >= 11 is 0. The van der Waals surface area contributed by atoms with E-state index >= 15 is 0 Å². The van der Waals surface area contributed by atoms with Crippen LogP contribution in [0.4, 0.5) is 0 Å². The van der Waals surface area contributed by atoms with Crippen LogP contribution in [0.5, 0.6) is 0 Å². The molecule has 0 unspecified atom stereocenters. The van der Waals surface area contributed by atoms with Gasteiger partial charge in [0.05, 0.1) is 12.2 Å². The highest BCUT2D eigenvalue weighted by Gasteiger charge is 2.47. The fourth-order valence-electron chi connectivity index (χ4n) is 3.43. The van der Waals surface area contributed by atoms with E-state index in [0.29, 0.717) is 5.92 Å². The van der Waals surface area contributed by atoms with Crippen molar-refractivity contribution < 1.29 is 10.2 Å². The van der Waals surface area contributed by atoms with E-state index < -0.39 is 5.60 Å². The van der Waals surface area contributed by atoms with Crippen LogP contribution in [0, 0.1) is 11.8 Å². The number of aliphatic hydroxyl groups excluding tert-OH is 1. The second kappa shape index (κ2) is 4.67. The number of fused-ring (bicyclic) bond motifs is 1. The van der Waals surface area contributed by atoms with Gasteiger partial charge in [-0.2, -0.15) is 0 Å².